The number of hydrogen-bond acceptors (Lipinski definition) is 2. The molecule has 1 aliphatic rings. The molecular formula is C18H16BrO2Se. The summed E-state index contributed by atoms with van der Waals surface area (Å²) in [4.78, 5) is 12.4. The monoisotopic (exact) mass is 423 g/mol. The van der Waals surface area contributed by atoms with Gasteiger partial charge in [-0.15, -0.1) is 0 Å². The first-order chi connectivity index (χ1) is 10.7. The van der Waals surface area contributed by atoms with Gasteiger partial charge in [0.25, 0.3) is 0 Å². The van der Waals surface area contributed by atoms with Crippen LogP contribution in [0.1, 0.15) is 18.4 Å². The van der Waals surface area contributed by atoms with Gasteiger partial charge in [-0.25, -0.2) is 0 Å². The van der Waals surface area contributed by atoms with E-state index < -0.39 is 5.41 Å². The number of carbonyl (C=O) groups is 1. The summed E-state index contributed by atoms with van der Waals surface area (Å²) in [5.41, 5.74) is 2.74. The zero-order valence-corrected chi connectivity index (χ0v) is 15.3. The van der Waals surface area contributed by atoms with Crippen LogP contribution >= 0.6 is 15.9 Å². The van der Waals surface area contributed by atoms with Gasteiger partial charge in [0.2, 0.25) is 0 Å². The Hall–Kier alpha value is -1.09. The van der Waals surface area contributed by atoms with Gasteiger partial charge in [-0.05, 0) is 0 Å². The standard InChI is InChI=1S/C18H16BrO2Se/c19-16-7-2-5-14(11-16)13-4-1-6-15(10-13)18(12-22)8-3-9-21-17(18)20/h1-2,4-7,10-11H,3,8-9,12H2. The molecule has 0 N–H and O–H groups in total. The van der Waals surface area contributed by atoms with Crippen molar-refractivity contribution in [1.29, 1.82) is 0 Å². The molecule has 0 bridgehead atoms. The molecule has 0 amide bonds. The molecule has 113 valence electrons. The van der Waals surface area contributed by atoms with Gasteiger partial charge in [0, 0.05) is 0 Å². The Bertz CT molecular complexity index is 701. The van der Waals surface area contributed by atoms with Crippen LogP contribution in [0.3, 0.4) is 0 Å². The van der Waals surface area contributed by atoms with E-state index in [9.17, 15) is 4.79 Å². The van der Waals surface area contributed by atoms with Gasteiger partial charge in [0.05, 0.1) is 0 Å². The van der Waals surface area contributed by atoms with Crippen LogP contribution in [0.2, 0.25) is 5.32 Å². The first-order valence-corrected chi connectivity index (χ1v) is 9.28. The van der Waals surface area contributed by atoms with Crippen LogP contribution in [-0.4, -0.2) is 28.6 Å². The normalized spacial score (nSPS) is 21.5. The summed E-state index contributed by atoms with van der Waals surface area (Å²) in [6.07, 6.45) is 1.75. The molecule has 1 heterocycles. The molecule has 2 aromatic carbocycles. The fourth-order valence-corrected chi connectivity index (χ4v) is 4.22. The maximum atomic E-state index is 12.4. The summed E-state index contributed by atoms with van der Waals surface area (Å²) in [6.45, 7) is 0.534. The fraction of sp³-hybridized carbons (Fsp3) is 0.278. The van der Waals surface area contributed by atoms with E-state index in [4.69, 9.17) is 4.74 Å². The number of rotatable bonds is 3. The van der Waals surface area contributed by atoms with Gasteiger partial charge in [0.1, 0.15) is 0 Å². The van der Waals surface area contributed by atoms with Crippen molar-refractivity contribution in [3.8, 4) is 11.1 Å². The Morgan fingerprint density at radius 1 is 1.14 bits per heavy atom. The molecule has 22 heavy (non-hydrogen) atoms. The number of hydrogen-bond donors (Lipinski definition) is 0. The van der Waals surface area contributed by atoms with Gasteiger partial charge in [0.15, 0.2) is 0 Å². The second-order valence-corrected chi connectivity index (χ2v) is 7.08. The Morgan fingerprint density at radius 3 is 2.55 bits per heavy atom. The van der Waals surface area contributed by atoms with Crippen LogP contribution in [0, 0.1) is 0 Å². The van der Waals surface area contributed by atoms with Crippen molar-refractivity contribution in [3.05, 3.63) is 58.6 Å². The number of benzene rings is 2. The number of halogens is 1. The van der Waals surface area contributed by atoms with Gasteiger partial charge in [-0.1, -0.05) is 0 Å². The Balaban J connectivity index is 2.05. The third-order valence-corrected chi connectivity index (χ3v) is 5.72. The second-order valence-electron chi connectivity index (χ2n) is 5.56. The molecule has 0 saturated carbocycles. The Kier molecular flexibility index (Phi) is 4.72. The van der Waals surface area contributed by atoms with Crippen LogP contribution in [0.4, 0.5) is 0 Å². The van der Waals surface area contributed by atoms with E-state index in [1.807, 2.05) is 24.3 Å². The SMILES string of the molecule is O=C1OCCCC1(C[Se])c1cccc(-c2cccc(Br)c2)c1. The van der Waals surface area contributed by atoms with E-state index in [1.165, 1.54) is 0 Å². The topological polar surface area (TPSA) is 26.3 Å². The van der Waals surface area contributed by atoms with Gasteiger partial charge < -0.3 is 0 Å². The number of cyclic esters (lactones) is 1. The summed E-state index contributed by atoms with van der Waals surface area (Å²) in [7, 11) is 0. The molecule has 1 atom stereocenters. The molecule has 0 aromatic heterocycles. The summed E-state index contributed by atoms with van der Waals surface area (Å²) < 4.78 is 6.38. The summed E-state index contributed by atoms with van der Waals surface area (Å²) in [5.74, 6) is -0.108. The van der Waals surface area contributed by atoms with E-state index >= 15 is 0 Å². The number of ether oxygens (including phenoxy) is 1. The molecule has 3 rings (SSSR count). The zero-order chi connectivity index (χ0) is 15.6. The van der Waals surface area contributed by atoms with Crippen molar-refractivity contribution in [2.75, 3.05) is 6.61 Å². The van der Waals surface area contributed by atoms with Crippen molar-refractivity contribution >= 4 is 37.9 Å². The first kappa shape index (κ1) is 15.8. The fourth-order valence-electron chi connectivity index (χ4n) is 2.92. The molecular weight excluding hydrogens is 407 g/mol. The summed E-state index contributed by atoms with van der Waals surface area (Å²) in [6, 6.07) is 16.4. The molecule has 2 aromatic rings. The van der Waals surface area contributed by atoms with Gasteiger partial charge in [-0.3, -0.25) is 0 Å². The van der Waals surface area contributed by atoms with Crippen LogP contribution < -0.4 is 0 Å². The van der Waals surface area contributed by atoms with Crippen molar-refractivity contribution < 1.29 is 9.53 Å². The van der Waals surface area contributed by atoms with E-state index in [0.717, 1.165) is 34.0 Å². The van der Waals surface area contributed by atoms with Gasteiger partial charge >= 0.3 is 147 Å². The molecule has 1 fully saturated rings. The third-order valence-electron chi connectivity index (χ3n) is 4.19. The molecule has 1 radical (unpaired) electrons. The summed E-state index contributed by atoms with van der Waals surface area (Å²) in [5, 5.41) is 0.647. The Labute approximate surface area is 147 Å². The molecule has 0 spiro atoms. The number of carbonyl (C=O) groups excluding carboxylic acids is 1. The van der Waals surface area contributed by atoms with E-state index in [0.29, 0.717) is 11.9 Å². The van der Waals surface area contributed by atoms with Crippen LogP contribution in [0.5, 0.6) is 0 Å². The van der Waals surface area contributed by atoms with Gasteiger partial charge in [-0.2, -0.15) is 0 Å². The second kappa shape index (κ2) is 6.57. The average molecular weight is 423 g/mol. The zero-order valence-electron chi connectivity index (χ0n) is 12.0. The van der Waals surface area contributed by atoms with Crippen LogP contribution in [0.25, 0.3) is 11.1 Å². The molecule has 4 heteroatoms. The minimum absolute atomic E-state index is 0.108. The van der Waals surface area contributed by atoms with Crippen molar-refractivity contribution in [1.82, 2.24) is 0 Å². The number of esters is 1. The van der Waals surface area contributed by atoms with Crippen LogP contribution in [0.15, 0.2) is 53.0 Å². The molecule has 1 unspecified atom stereocenters. The van der Waals surface area contributed by atoms with Crippen LogP contribution in [-0.2, 0) is 14.9 Å². The average Bonchev–Trinajstić information content (AvgIpc) is 2.56. The molecule has 1 aliphatic heterocycles. The predicted octanol–water partition coefficient (Wildman–Crippen LogP) is 4.28. The van der Waals surface area contributed by atoms with E-state index in [2.05, 4.69) is 56.2 Å². The van der Waals surface area contributed by atoms with Crippen molar-refractivity contribution in [2.45, 2.75) is 23.6 Å². The first-order valence-electron chi connectivity index (χ1n) is 7.27. The quantitative estimate of drug-likeness (QED) is 0.545. The molecule has 2 nitrogen and oxygen atoms in total. The maximum absolute atomic E-state index is 12.4. The Morgan fingerprint density at radius 2 is 1.86 bits per heavy atom. The predicted molar refractivity (Wildman–Crippen MR) is 92.0 cm³/mol. The molecule has 0 aliphatic carbocycles. The third kappa shape index (κ3) is 2.88. The van der Waals surface area contributed by atoms with Crippen molar-refractivity contribution in [3.63, 3.8) is 0 Å². The van der Waals surface area contributed by atoms with Crippen molar-refractivity contribution in [2.24, 2.45) is 0 Å². The van der Waals surface area contributed by atoms with E-state index in [-0.39, 0.29) is 5.97 Å². The minimum atomic E-state index is -0.541. The van der Waals surface area contributed by atoms with E-state index in [1.54, 1.807) is 0 Å². The summed E-state index contributed by atoms with van der Waals surface area (Å²) >= 11 is 6.55. The molecule has 1 saturated heterocycles.